The average molecular weight is 212 g/mol. The van der Waals surface area contributed by atoms with E-state index in [-0.39, 0.29) is 6.04 Å². The molecule has 1 nitrogen and oxygen atoms in total. The highest BCUT2D eigenvalue weighted by molar-refractivity contribution is 6.31. The van der Waals surface area contributed by atoms with E-state index in [1.165, 1.54) is 6.42 Å². The van der Waals surface area contributed by atoms with Crippen molar-refractivity contribution in [1.29, 1.82) is 0 Å². The molecule has 0 aliphatic heterocycles. The lowest BCUT2D eigenvalue weighted by molar-refractivity contribution is 0.434. The third kappa shape index (κ3) is 2.73. The minimum absolute atomic E-state index is 0.0589. The molecule has 2 heteroatoms. The maximum atomic E-state index is 6.14. The van der Waals surface area contributed by atoms with Gasteiger partial charge in [-0.1, -0.05) is 50.1 Å². The predicted octanol–water partition coefficient (Wildman–Crippen LogP) is 3.78. The summed E-state index contributed by atoms with van der Waals surface area (Å²) >= 11 is 6.08. The Morgan fingerprint density at radius 3 is 2.57 bits per heavy atom. The van der Waals surface area contributed by atoms with Crippen LogP contribution in [0.25, 0.3) is 0 Å². The van der Waals surface area contributed by atoms with E-state index in [1.807, 2.05) is 24.3 Å². The number of halogens is 1. The summed E-state index contributed by atoms with van der Waals surface area (Å²) in [5, 5.41) is 0.781. The summed E-state index contributed by atoms with van der Waals surface area (Å²) in [6.45, 7) is 4.35. The lowest BCUT2D eigenvalue weighted by atomic mass is 9.92. The molecule has 0 saturated heterocycles. The van der Waals surface area contributed by atoms with Gasteiger partial charge in [-0.15, -0.1) is 0 Å². The highest BCUT2D eigenvalue weighted by atomic mass is 35.5. The number of nitrogens with two attached hydrogens (primary N) is 1. The van der Waals surface area contributed by atoms with Gasteiger partial charge in [0.05, 0.1) is 0 Å². The molecule has 0 aliphatic rings. The van der Waals surface area contributed by atoms with Crippen molar-refractivity contribution in [2.45, 2.75) is 32.7 Å². The fourth-order valence-electron chi connectivity index (χ4n) is 1.69. The summed E-state index contributed by atoms with van der Waals surface area (Å²) in [7, 11) is 0. The highest BCUT2D eigenvalue weighted by Gasteiger charge is 2.15. The Balaban J connectivity index is 2.78. The number of rotatable bonds is 4. The topological polar surface area (TPSA) is 26.0 Å². The first-order valence-electron chi connectivity index (χ1n) is 5.16. The van der Waals surface area contributed by atoms with Crippen molar-refractivity contribution in [3.05, 3.63) is 34.9 Å². The molecule has 78 valence electrons. The van der Waals surface area contributed by atoms with Crippen LogP contribution < -0.4 is 5.73 Å². The molecule has 14 heavy (non-hydrogen) atoms. The largest absolute Gasteiger partial charge is 0.324 e. The van der Waals surface area contributed by atoms with Crippen molar-refractivity contribution >= 4 is 11.6 Å². The zero-order valence-corrected chi connectivity index (χ0v) is 9.59. The maximum absolute atomic E-state index is 6.14. The first kappa shape index (κ1) is 11.5. The van der Waals surface area contributed by atoms with Crippen molar-refractivity contribution in [3.63, 3.8) is 0 Å². The minimum Gasteiger partial charge on any atom is -0.324 e. The quantitative estimate of drug-likeness (QED) is 0.806. The second-order valence-electron chi connectivity index (χ2n) is 3.81. The number of benzene rings is 1. The molecule has 1 aromatic rings. The van der Waals surface area contributed by atoms with Crippen LogP contribution in [-0.2, 0) is 0 Å². The summed E-state index contributed by atoms with van der Waals surface area (Å²) in [6.07, 6.45) is 2.31. The Labute approximate surface area is 91.3 Å². The van der Waals surface area contributed by atoms with Gasteiger partial charge in [0.1, 0.15) is 0 Å². The standard InChI is InChI=1S/C12H18ClN/c1-3-6-9(2)12(14)10-7-4-5-8-11(10)13/h4-5,7-9,12H,3,6,14H2,1-2H3. The van der Waals surface area contributed by atoms with Crippen molar-refractivity contribution in [3.8, 4) is 0 Å². The van der Waals surface area contributed by atoms with E-state index in [9.17, 15) is 0 Å². The third-order valence-electron chi connectivity index (χ3n) is 2.62. The van der Waals surface area contributed by atoms with Gasteiger partial charge in [0, 0.05) is 11.1 Å². The normalized spacial score (nSPS) is 15.1. The van der Waals surface area contributed by atoms with Crippen LogP contribution in [0.2, 0.25) is 5.02 Å². The van der Waals surface area contributed by atoms with E-state index in [2.05, 4.69) is 13.8 Å². The van der Waals surface area contributed by atoms with Gasteiger partial charge >= 0.3 is 0 Å². The lowest BCUT2D eigenvalue weighted by Gasteiger charge is -2.20. The van der Waals surface area contributed by atoms with Crippen molar-refractivity contribution < 1.29 is 0 Å². The van der Waals surface area contributed by atoms with Gasteiger partial charge < -0.3 is 5.73 Å². The van der Waals surface area contributed by atoms with Crippen molar-refractivity contribution in [2.24, 2.45) is 11.7 Å². The molecule has 0 amide bonds. The van der Waals surface area contributed by atoms with Gasteiger partial charge in [-0.25, -0.2) is 0 Å². The van der Waals surface area contributed by atoms with E-state index in [0.29, 0.717) is 5.92 Å². The molecule has 0 spiro atoms. The molecule has 0 fully saturated rings. The fourth-order valence-corrected chi connectivity index (χ4v) is 1.95. The van der Waals surface area contributed by atoms with E-state index in [0.717, 1.165) is 17.0 Å². The number of hydrogen-bond acceptors (Lipinski definition) is 1. The van der Waals surface area contributed by atoms with Crippen molar-refractivity contribution in [1.82, 2.24) is 0 Å². The first-order chi connectivity index (χ1) is 6.66. The van der Waals surface area contributed by atoms with Gasteiger partial charge in [0.15, 0.2) is 0 Å². The second-order valence-corrected chi connectivity index (χ2v) is 4.22. The molecule has 0 aromatic heterocycles. The van der Waals surface area contributed by atoms with Crippen LogP contribution in [0, 0.1) is 5.92 Å². The Hall–Kier alpha value is -0.530. The molecule has 0 aliphatic carbocycles. The summed E-state index contributed by atoms with van der Waals surface area (Å²) in [6, 6.07) is 7.89. The van der Waals surface area contributed by atoms with Gasteiger partial charge in [0.2, 0.25) is 0 Å². The molecule has 0 heterocycles. The predicted molar refractivity (Wildman–Crippen MR) is 62.5 cm³/mol. The van der Waals surface area contributed by atoms with Crippen LogP contribution in [0.1, 0.15) is 38.3 Å². The molecule has 0 bridgehead atoms. The first-order valence-corrected chi connectivity index (χ1v) is 5.54. The third-order valence-corrected chi connectivity index (χ3v) is 2.97. The Morgan fingerprint density at radius 2 is 2.00 bits per heavy atom. The summed E-state index contributed by atoms with van der Waals surface area (Å²) in [5.41, 5.74) is 7.21. The molecule has 1 rings (SSSR count). The summed E-state index contributed by atoms with van der Waals surface area (Å²) in [4.78, 5) is 0. The zero-order chi connectivity index (χ0) is 10.6. The summed E-state index contributed by atoms with van der Waals surface area (Å²) < 4.78 is 0. The number of hydrogen-bond donors (Lipinski definition) is 1. The van der Waals surface area contributed by atoms with Gasteiger partial charge in [-0.3, -0.25) is 0 Å². The van der Waals surface area contributed by atoms with Gasteiger partial charge in [0.25, 0.3) is 0 Å². The SMILES string of the molecule is CCCC(C)C(N)c1ccccc1Cl. The van der Waals surface area contributed by atoms with E-state index in [4.69, 9.17) is 17.3 Å². The molecule has 2 atom stereocenters. The monoisotopic (exact) mass is 211 g/mol. The molecular weight excluding hydrogens is 194 g/mol. The van der Waals surface area contributed by atoms with Crippen LogP contribution in [0.3, 0.4) is 0 Å². The Kier molecular flexibility index (Phi) is 4.43. The van der Waals surface area contributed by atoms with Crippen LogP contribution in [0.4, 0.5) is 0 Å². The average Bonchev–Trinajstić information content (AvgIpc) is 2.18. The molecule has 2 N–H and O–H groups in total. The smallest absolute Gasteiger partial charge is 0.0453 e. The molecular formula is C12H18ClN. The fraction of sp³-hybridized carbons (Fsp3) is 0.500. The minimum atomic E-state index is 0.0589. The van der Waals surface area contributed by atoms with Crippen LogP contribution in [0.15, 0.2) is 24.3 Å². The van der Waals surface area contributed by atoms with Crippen molar-refractivity contribution in [2.75, 3.05) is 0 Å². The Morgan fingerprint density at radius 1 is 1.36 bits per heavy atom. The second kappa shape index (κ2) is 5.38. The van der Waals surface area contributed by atoms with Crippen LogP contribution in [-0.4, -0.2) is 0 Å². The Bertz CT molecular complexity index is 285. The zero-order valence-electron chi connectivity index (χ0n) is 8.83. The van der Waals surface area contributed by atoms with E-state index < -0.39 is 0 Å². The lowest BCUT2D eigenvalue weighted by Crippen LogP contribution is -2.19. The molecule has 0 radical (unpaired) electrons. The molecule has 2 unspecified atom stereocenters. The summed E-state index contributed by atoms with van der Waals surface area (Å²) in [5.74, 6) is 0.486. The van der Waals surface area contributed by atoms with Crippen LogP contribution in [0.5, 0.6) is 0 Å². The van der Waals surface area contributed by atoms with Gasteiger partial charge in [-0.05, 0) is 24.0 Å². The molecule has 1 aromatic carbocycles. The van der Waals surface area contributed by atoms with Gasteiger partial charge in [-0.2, -0.15) is 0 Å². The maximum Gasteiger partial charge on any atom is 0.0453 e. The van der Waals surface area contributed by atoms with E-state index >= 15 is 0 Å². The molecule has 0 saturated carbocycles. The van der Waals surface area contributed by atoms with Crippen LogP contribution >= 0.6 is 11.6 Å². The highest BCUT2D eigenvalue weighted by Crippen LogP contribution is 2.28. The van der Waals surface area contributed by atoms with E-state index in [1.54, 1.807) is 0 Å².